The summed E-state index contributed by atoms with van der Waals surface area (Å²) in [6.45, 7) is 30.2. The van der Waals surface area contributed by atoms with Crippen LogP contribution in [0.3, 0.4) is 0 Å². The van der Waals surface area contributed by atoms with Crippen LogP contribution in [0.1, 0.15) is 202 Å². The number of benzene rings is 7. The molecule has 0 aromatic heterocycles. The van der Waals surface area contributed by atoms with E-state index in [1.807, 2.05) is 196 Å². The Labute approximate surface area is 787 Å². The fraction of sp³-hybridized carbons (Fsp3) is 0.427. The van der Waals surface area contributed by atoms with Crippen LogP contribution in [-0.4, -0.2) is 169 Å². The van der Waals surface area contributed by atoms with Crippen molar-refractivity contribution in [2.24, 2.45) is 23.7 Å². The molecule has 1 aliphatic rings. The Hall–Kier alpha value is -13.3. The highest BCUT2D eigenvalue weighted by Gasteiger charge is 2.44. The SMILES string of the molecule is C=CCCC(=O)N[C@@H](CCC(=O)NC(c1ccccc1)(c1ccccc1)c1ccccc1)C(=O)N[C@H](C(=O)N(CC=C)CC(=O)N[C@@H](CCCNC(=N)NS(=O)(=O)c1c(C)c(C)c2c(c1C)CC(C)(C)O2)C(=O)N[C@@H](CCC(=O)NC(c1ccccc1)(c1ccccc1)c1ccccc1)C(=O)N[C@@H](CC(C)C)C(=O)N[C@@H](C)C(=O)N[C@H](C(=O)N[C@H](C(=O)O)[C@@H](C)CC)[C@@H](C)CC)C(C)C. The number of nitrogens with zero attached hydrogens (tertiary/aromatic N) is 1. The first kappa shape index (κ1) is 106. The molecule has 134 heavy (non-hydrogen) atoms. The van der Waals surface area contributed by atoms with Crippen LogP contribution < -0.4 is 67.9 Å². The number of hydrogen-bond donors (Lipinski definition) is 14. The maximum Gasteiger partial charge on any atom is 0.326 e. The van der Waals surface area contributed by atoms with Crippen molar-refractivity contribution in [2.75, 3.05) is 19.6 Å². The summed E-state index contributed by atoms with van der Waals surface area (Å²) < 4.78 is 37.4. The lowest BCUT2D eigenvalue weighted by molar-refractivity contribution is -0.144. The van der Waals surface area contributed by atoms with E-state index in [1.165, 1.54) is 19.1 Å². The monoisotopic (exact) mass is 1850 g/mol. The van der Waals surface area contributed by atoms with E-state index < -0.39 is 189 Å². The van der Waals surface area contributed by atoms with Gasteiger partial charge in [0.05, 0.1) is 11.4 Å². The first-order chi connectivity index (χ1) is 63.7. The molecule has 0 aliphatic carbocycles. The van der Waals surface area contributed by atoms with E-state index >= 15 is 24.0 Å². The Morgan fingerprint density at radius 3 is 1.31 bits per heavy atom. The molecule has 14 N–H and O–H groups in total. The van der Waals surface area contributed by atoms with Gasteiger partial charge in [0.15, 0.2) is 0 Å². The highest BCUT2D eigenvalue weighted by Crippen LogP contribution is 2.45. The molecule has 0 bridgehead atoms. The largest absolute Gasteiger partial charge is 0.487 e. The molecule has 10 atom stereocenters. The summed E-state index contributed by atoms with van der Waals surface area (Å²) in [6.07, 6.45) is 2.13. The number of rotatable bonds is 50. The molecule has 11 amide bonds. The highest BCUT2D eigenvalue weighted by atomic mass is 32.2. The fourth-order valence-electron chi connectivity index (χ4n) is 16.7. The number of carbonyl (C=O) groups is 12. The molecule has 0 saturated heterocycles. The first-order valence-electron chi connectivity index (χ1n) is 45.9. The van der Waals surface area contributed by atoms with Gasteiger partial charge >= 0.3 is 5.97 Å². The number of fused-ring (bicyclic) bond motifs is 1. The van der Waals surface area contributed by atoms with Crippen LogP contribution in [-0.2, 0) is 85.1 Å². The number of sulfonamides is 1. The van der Waals surface area contributed by atoms with Crippen LogP contribution in [0.4, 0.5) is 0 Å². The van der Waals surface area contributed by atoms with Crippen LogP contribution in [0.5, 0.6) is 5.75 Å². The summed E-state index contributed by atoms with van der Waals surface area (Å²) in [5.74, 6) is -12.2. The number of carboxylic acid groups (broad SMARTS) is 1. The molecule has 8 rings (SSSR count). The third kappa shape index (κ3) is 28.1. The summed E-state index contributed by atoms with van der Waals surface area (Å²) in [5.41, 5.74) is 3.11. The van der Waals surface area contributed by atoms with Gasteiger partial charge in [0.25, 0.3) is 10.0 Å². The van der Waals surface area contributed by atoms with E-state index in [0.717, 1.165) is 21.6 Å². The maximum atomic E-state index is 15.7. The lowest BCUT2D eigenvalue weighted by Gasteiger charge is -2.37. The Balaban J connectivity index is 1.12. The summed E-state index contributed by atoms with van der Waals surface area (Å²) in [5, 5.41) is 50.1. The second-order valence-corrected chi connectivity index (χ2v) is 37.5. The molecule has 1 heterocycles. The normalized spacial score (nSPS) is 14.5. The molecule has 7 aromatic carbocycles. The maximum absolute atomic E-state index is 15.7. The van der Waals surface area contributed by atoms with Crippen molar-refractivity contribution in [1.29, 1.82) is 5.41 Å². The van der Waals surface area contributed by atoms with Gasteiger partial charge in [-0.3, -0.25) is 58.1 Å². The Bertz CT molecular complexity index is 5190. The predicted molar refractivity (Wildman–Crippen MR) is 516 cm³/mol. The molecule has 1 aliphatic heterocycles. The van der Waals surface area contributed by atoms with E-state index in [0.29, 0.717) is 64.0 Å². The van der Waals surface area contributed by atoms with Crippen molar-refractivity contribution in [2.45, 2.75) is 244 Å². The lowest BCUT2D eigenvalue weighted by Crippen LogP contribution is -2.60. The molecular formula is C103H134N14O16S. The van der Waals surface area contributed by atoms with Crippen molar-refractivity contribution >= 4 is 86.9 Å². The van der Waals surface area contributed by atoms with Crippen LogP contribution in [0, 0.1) is 49.9 Å². The van der Waals surface area contributed by atoms with E-state index in [9.17, 15) is 47.1 Å². The third-order valence-corrected chi connectivity index (χ3v) is 26.0. The average Bonchev–Trinajstić information content (AvgIpc) is 1.69. The number of amides is 11. The van der Waals surface area contributed by atoms with Gasteiger partial charge in [-0.25, -0.2) is 17.9 Å². The number of ether oxygens (including phenoxy) is 1. The summed E-state index contributed by atoms with van der Waals surface area (Å²) >= 11 is 0. The quantitative estimate of drug-likeness (QED) is 0.00554. The van der Waals surface area contributed by atoms with Crippen molar-refractivity contribution in [1.82, 2.24) is 68.1 Å². The number of hydrogen-bond acceptors (Lipinski definition) is 16. The van der Waals surface area contributed by atoms with Crippen LogP contribution >= 0.6 is 0 Å². The number of carbonyl (C=O) groups excluding carboxylic acids is 11. The van der Waals surface area contributed by atoms with Gasteiger partial charge in [0, 0.05) is 44.3 Å². The minimum Gasteiger partial charge on any atom is -0.487 e. The van der Waals surface area contributed by atoms with Crippen molar-refractivity contribution in [3.05, 3.63) is 263 Å². The minimum absolute atomic E-state index is 0.0385. The summed E-state index contributed by atoms with van der Waals surface area (Å²) in [7, 11) is -4.46. The van der Waals surface area contributed by atoms with Crippen molar-refractivity contribution in [3.63, 3.8) is 0 Å². The molecule has 30 nitrogen and oxygen atoms in total. The fourth-order valence-corrected chi connectivity index (χ4v) is 18.2. The van der Waals surface area contributed by atoms with Gasteiger partial charge < -0.3 is 73.2 Å². The zero-order valence-corrected chi connectivity index (χ0v) is 80.2. The van der Waals surface area contributed by atoms with Gasteiger partial charge in [-0.15, -0.1) is 13.2 Å². The van der Waals surface area contributed by atoms with E-state index in [2.05, 4.69) is 76.4 Å². The summed E-state index contributed by atoms with van der Waals surface area (Å²) in [6, 6.07) is 44.0. The summed E-state index contributed by atoms with van der Waals surface area (Å²) in [4.78, 5) is 177. The Morgan fingerprint density at radius 2 is 0.888 bits per heavy atom. The molecule has 7 aromatic rings. The van der Waals surface area contributed by atoms with Crippen molar-refractivity contribution < 1.29 is 75.8 Å². The smallest absolute Gasteiger partial charge is 0.326 e. The molecule has 0 unspecified atom stereocenters. The Morgan fingerprint density at radius 1 is 0.485 bits per heavy atom. The standard InChI is InChI=1S/C103H134N14O16S/c1-17-21-54-83(118)107-80(55-57-84(119)114-102(72-41-28-22-29-42-72,73-43-30-23-31-44-73)74-45-32-24-33-46-74)95(125)111-87(65(7)8)98(128)117(60-18-2)63-86(121)108-79(53-40-59-105-100(104)116-134(131,132)91-69(12)68(11)90-78(70(91)13)62-101(15,16)133-90)93(123)109-81(56-58-85(120)115-103(75-47-34-25-35-48-75,76-49-36-26-37-50-76)77-51-38-27-39-52-77)94(124)110-82(61-64(5)6)96(126)106-71(14)92(122)112-88(66(9)19-3)97(127)113-89(99(129)130)67(10)20-4/h17-18,22-39,41-52,64-67,71,79-82,87-89H,1-2,19-21,40,53-63H2,3-16H3,(H,106,126)(H,107,118)(H,108,121)(H,109,123)(H,110,124)(H,111,125)(H,112,122)(H,113,127)(H,114,119)(H,115,120)(H,129,130)(H3,104,105,116)/t66-,67-,71-,79-,80-,81-,82-,87-,88-,89-/m0/s1. The molecule has 31 heteroatoms. The lowest BCUT2D eigenvalue weighted by atomic mass is 9.77. The van der Waals surface area contributed by atoms with E-state index in [-0.39, 0.29) is 68.8 Å². The second-order valence-electron chi connectivity index (χ2n) is 35.8. The van der Waals surface area contributed by atoms with E-state index in [1.54, 1.807) is 76.2 Å². The number of guanidine groups is 1. The Kier molecular flexibility index (Phi) is 39.1. The van der Waals surface area contributed by atoms with E-state index in [4.69, 9.17) is 10.1 Å². The van der Waals surface area contributed by atoms with Gasteiger partial charge in [0.1, 0.15) is 70.8 Å². The second kappa shape index (κ2) is 49.4. The topological polar surface area (TPSA) is 440 Å². The van der Waals surface area contributed by atoms with Gasteiger partial charge in [0.2, 0.25) is 70.9 Å². The average molecular weight is 1860 g/mol. The van der Waals surface area contributed by atoms with Crippen LogP contribution in [0.2, 0.25) is 0 Å². The van der Waals surface area contributed by atoms with Crippen molar-refractivity contribution in [3.8, 4) is 5.75 Å². The molecule has 0 radical (unpaired) electrons. The molecule has 0 fully saturated rings. The number of carboxylic acids is 1. The highest BCUT2D eigenvalue weighted by molar-refractivity contribution is 7.90. The van der Waals surface area contributed by atoms with Gasteiger partial charge in [-0.2, -0.15) is 0 Å². The zero-order chi connectivity index (χ0) is 98.4. The van der Waals surface area contributed by atoms with Gasteiger partial charge in [-0.05, 0) is 154 Å². The van der Waals surface area contributed by atoms with Crippen LogP contribution in [0.25, 0.3) is 0 Å². The molecule has 718 valence electrons. The minimum atomic E-state index is -4.46. The number of allylic oxidation sites excluding steroid dienone is 1. The number of nitrogens with one attached hydrogen (secondary N) is 13. The zero-order valence-electron chi connectivity index (χ0n) is 79.4. The van der Waals surface area contributed by atoms with Crippen LogP contribution in [0.15, 0.2) is 212 Å². The number of aliphatic carboxylic acids is 1. The predicted octanol–water partition coefficient (Wildman–Crippen LogP) is 10.4. The molecular weight excluding hydrogens is 1720 g/mol. The molecule has 0 spiro atoms. The first-order valence-corrected chi connectivity index (χ1v) is 47.4. The third-order valence-electron chi connectivity index (χ3n) is 24.4. The van der Waals surface area contributed by atoms with Gasteiger partial charge in [-0.1, -0.05) is 262 Å². The molecule has 0 saturated carbocycles.